The minimum atomic E-state index is -0.730. The van der Waals surface area contributed by atoms with Crippen molar-refractivity contribution in [3.63, 3.8) is 0 Å². The number of unbranched alkanes of at least 4 members (excludes halogenated alkanes) is 4. The fourth-order valence-corrected chi connectivity index (χ4v) is 12.0. The number of ether oxygens (including phenoxy) is 2. The van der Waals surface area contributed by atoms with Gasteiger partial charge in [0, 0.05) is 12.3 Å². The highest BCUT2D eigenvalue weighted by atomic mass is 31.1. The van der Waals surface area contributed by atoms with Gasteiger partial charge in [-0.25, -0.2) is 0 Å². The number of Topliss-reactive ketones (excluding diaryl/α,β-unsaturated/α-hetero) is 2. The maximum Gasteiger partial charge on any atom is 0.313 e. The van der Waals surface area contributed by atoms with Crippen LogP contribution < -0.4 is 0 Å². The van der Waals surface area contributed by atoms with Crippen LogP contribution in [-0.2, 0) is 28.7 Å². The van der Waals surface area contributed by atoms with Gasteiger partial charge in [0.05, 0.1) is 13.0 Å². The summed E-state index contributed by atoms with van der Waals surface area (Å²) in [7, 11) is 1.09. The van der Waals surface area contributed by atoms with Gasteiger partial charge in [-0.15, -0.1) is 0 Å². The number of carbonyl (C=O) groups is 4. The molecule has 1 heterocycles. The number of hydrogen-bond donors (Lipinski definition) is 0. The molecular weight excluding hydrogens is 571 g/mol. The Morgan fingerprint density at radius 2 is 1.48 bits per heavy atom. The Morgan fingerprint density at radius 1 is 0.864 bits per heavy atom. The summed E-state index contributed by atoms with van der Waals surface area (Å²) in [5.74, 6) is 2.59. The lowest BCUT2D eigenvalue weighted by atomic mass is 9.57. The zero-order chi connectivity index (χ0) is 33.6. The minimum absolute atomic E-state index is 0.0496. The summed E-state index contributed by atoms with van der Waals surface area (Å²) in [6.45, 7) is 20.4. The standard InChI is InChI=1S/C33H61O4P.C4H6O2/c1-10-12-14-16-26-18-19-27-21-31(4,5)33(8,23-36-9)38(24-37-30(35)20-25(3)34)32(6,7)22-29(27)28(26)17-15-13-11-2;1-4(6)2-3-5/h26-29H,10-24H2,1-9H3;3H,2H2,1H3. The van der Waals surface area contributed by atoms with E-state index in [0.29, 0.717) is 19.2 Å². The molecule has 2 aliphatic rings. The molecule has 0 spiro atoms. The van der Waals surface area contributed by atoms with Crippen molar-refractivity contribution in [1.29, 1.82) is 0 Å². The lowest BCUT2D eigenvalue weighted by Crippen LogP contribution is -2.54. The molecule has 2 rings (SSSR count). The number of aldehydes is 1. The van der Waals surface area contributed by atoms with Crippen LogP contribution in [-0.4, -0.2) is 54.2 Å². The van der Waals surface area contributed by atoms with Crippen LogP contribution in [0, 0.1) is 29.1 Å². The lowest BCUT2D eigenvalue weighted by Gasteiger charge is -2.60. The van der Waals surface area contributed by atoms with Crippen molar-refractivity contribution < 1.29 is 28.7 Å². The average Bonchev–Trinajstić information content (AvgIpc) is 2.90. The Bertz CT molecular complexity index is 898. The fourth-order valence-electron chi connectivity index (χ4n) is 8.20. The summed E-state index contributed by atoms with van der Waals surface area (Å²) in [5, 5.41) is -0.0359. The van der Waals surface area contributed by atoms with E-state index in [-0.39, 0.29) is 46.1 Å². The quantitative estimate of drug-likeness (QED) is 0.0550. The van der Waals surface area contributed by atoms with E-state index in [0.717, 1.165) is 23.7 Å². The van der Waals surface area contributed by atoms with E-state index in [1.807, 2.05) is 7.11 Å². The predicted molar refractivity (Wildman–Crippen MR) is 183 cm³/mol. The molecule has 1 aliphatic carbocycles. The molecule has 0 aromatic rings. The van der Waals surface area contributed by atoms with Gasteiger partial charge < -0.3 is 14.3 Å². The van der Waals surface area contributed by atoms with Crippen LogP contribution in [0.5, 0.6) is 0 Å². The normalized spacial score (nSPS) is 29.2. The second-order valence-electron chi connectivity index (χ2n) is 15.3. The van der Waals surface area contributed by atoms with Crippen LogP contribution in [0.3, 0.4) is 0 Å². The number of carbonyl (C=O) groups excluding carboxylic acids is 4. The zero-order valence-electron chi connectivity index (χ0n) is 30.1. The smallest absolute Gasteiger partial charge is 0.313 e. The SMILES string of the molecule is CC(=O)CC=O.CCCCCC1CCC2CC(C)(C)C(C)(COC)P(COC(=O)CC(C)=O)C(C)(C)CC2C1CCCCC. The summed E-state index contributed by atoms with van der Waals surface area (Å²) >= 11 is 0. The van der Waals surface area contributed by atoms with Crippen molar-refractivity contribution in [2.75, 3.05) is 20.1 Å². The Labute approximate surface area is 271 Å². The Morgan fingerprint density at radius 3 is 1.98 bits per heavy atom. The van der Waals surface area contributed by atoms with Crippen LogP contribution in [0.1, 0.15) is 152 Å². The van der Waals surface area contributed by atoms with E-state index in [1.54, 1.807) is 0 Å². The molecule has 0 radical (unpaired) electrons. The Balaban J connectivity index is 0.00000146. The first-order chi connectivity index (χ1) is 20.6. The number of esters is 1. The van der Waals surface area contributed by atoms with Gasteiger partial charge in [0.2, 0.25) is 0 Å². The predicted octanol–water partition coefficient (Wildman–Crippen LogP) is 9.54. The molecule has 0 aromatic heterocycles. The molecular formula is C37H67O6P. The average molecular weight is 639 g/mol. The van der Waals surface area contributed by atoms with Crippen LogP contribution >= 0.6 is 7.92 Å². The Kier molecular flexibility index (Phi) is 18.1. The first-order valence-corrected chi connectivity index (χ1v) is 19.0. The first-order valence-electron chi connectivity index (χ1n) is 17.4. The molecule has 6 atom stereocenters. The monoisotopic (exact) mass is 638 g/mol. The van der Waals surface area contributed by atoms with Gasteiger partial charge in [0.25, 0.3) is 0 Å². The number of rotatable bonds is 16. The summed E-state index contributed by atoms with van der Waals surface area (Å²) in [5.41, 5.74) is 0.0608. The maximum absolute atomic E-state index is 12.5. The van der Waals surface area contributed by atoms with Crippen molar-refractivity contribution in [3.05, 3.63) is 0 Å². The molecule has 0 aromatic carbocycles. The van der Waals surface area contributed by atoms with E-state index in [4.69, 9.17) is 9.47 Å². The molecule has 44 heavy (non-hydrogen) atoms. The van der Waals surface area contributed by atoms with Crippen LogP contribution in [0.2, 0.25) is 0 Å². The van der Waals surface area contributed by atoms with Gasteiger partial charge >= 0.3 is 5.97 Å². The van der Waals surface area contributed by atoms with Crippen molar-refractivity contribution >= 4 is 31.7 Å². The fraction of sp³-hybridized carbons (Fsp3) is 0.892. The highest BCUT2D eigenvalue weighted by Gasteiger charge is 2.57. The third-order valence-electron chi connectivity index (χ3n) is 10.8. The highest BCUT2D eigenvalue weighted by molar-refractivity contribution is 7.60. The first kappa shape index (κ1) is 40.9. The van der Waals surface area contributed by atoms with Crippen LogP contribution in [0.25, 0.3) is 0 Å². The van der Waals surface area contributed by atoms with Crippen LogP contribution in [0.15, 0.2) is 0 Å². The number of methoxy groups -OCH3 is 1. The second-order valence-corrected chi connectivity index (χ2v) is 18.6. The third-order valence-corrected chi connectivity index (χ3v) is 14.8. The molecule has 1 saturated heterocycles. The zero-order valence-corrected chi connectivity index (χ0v) is 31.0. The molecule has 1 aliphatic heterocycles. The molecule has 7 heteroatoms. The van der Waals surface area contributed by atoms with E-state index >= 15 is 0 Å². The van der Waals surface area contributed by atoms with Gasteiger partial charge in [-0.1, -0.05) is 101 Å². The summed E-state index contributed by atoms with van der Waals surface area (Å²) < 4.78 is 11.8. The molecule has 0 amide bonds. The summed E-state index contributed by atoms with van der Waals surface area (Å²) in [6.07, 6.45) is 16.9. The molecule has 1 saturated carbocycles. The lowest BCUT2D eigenvalue weighted by molar-refractivity contribution is -0.144. The molecule has 6 unspecified atom stereocenters. The molecule has 256 valence electrons. The topological polar surface area (TPSA) is 86.7 Å². The van der Waals surface area contributed by atoms with Gasteiger partial charge in [-0.2, -0.15) is 0 Å². The highest BCUT2D eigenvalue weighted by Crippen LogP contribution is 2.71. The van der Waals surface area contributed by atoms with Crippen molar-refractivity contribution in [2.45, 2.75) is 163 Å². The van der Waals surface area contributed by atoms with Crippen molar-refractivity contribution in [1.82, 2.24) is 0 Å². The largest absolute Gasteiger partial charge is 0.461 e. The number of ketones is 2. The van der Waals surface area contributed by atoms with Gasteiger partial charge in [-0.05, 0) is 80.2 Å². The van der Waals surface area contributed by atoms with Gasteiger partial charge in [-0.3, -0.25) is 14.4 Å². The Hall–Kier alpha value is -1.13. The molecule has 2 fully saturated rings. The summed E-state index contributed by atoms with van der Waals surface area (Å²) in [4.78, 5) is 43.3. The molecule has 0 N–H and O–H groups in total. The van der Waals surface area contributed by atoms with Gasteiger partial charge in [0.1, 0.15) is 30.6 Å². The van der Waals surface area contributed by atoms with Gasteiger partial charge in [0.15, 0.2) is 0 Å². The van der Waals surface area contributed by atoms with E-state index in [9.17, 15) is 19.2 Å². The molecule has 0 bridgehead atoms. The number of hydrogen-bond acceptors (Lipinski definition) is 6. The third kappa shape index (κ3) is 12.2. The van der Waals surface area contributed by atoms with E-state index in [2.05, 4.69) is 48.5 Å². The van der Waals surface area contributed by atoms with Crippen LogP contribution in [0.4, 0.5) is 0 Å². The van der Waals surface area contributed by atoms with Crippen molar-refractivity contribution in [2.24, 2.45) is 29.1 Å². The number of fused-ring (bicyclic) bond motifs is 1. The minimum Gasteiger partial charge on any atom is -0.461 e. The van der Waals surface area contributed by atoms with E-state index in [1.165, 1.54) is 90.9 Å². The molecule has 6 nitrogen and oxygen atoms in total. The maximum atomic E-state index is 12.5. The second kappa shape index (κ2) is 19.5. The summed E-state index contributed by atoms with van der Waals surface area (Å²) in [6, 6.07) is 0. The van der Waals surface area contributed by atoms with Crippen molar-refractivity contribution in [3.8, 4) is 0 Å². The van der Waals surface area contributed by atoms with E-state index < -0.39 is 7.92 Å².